The van der Waals surface area contributed by atoms with E-state index in [-0.39, 0.29) is 11.1 Å². The van der Waals surface area contributed by atoms with Crippen LogP contribution in [0.25, 0.3) is 0 Å². The van der Waals surface area contributed by atoms with Gasteiger partial charge in [0, 0.05) is 30.7 Å². The van der Waals surface area contributed by atoms with Crippen LogP contribution in [-0.2, 0) is 4.79 Å². The first-order valence-electron chi connectivity index (χ1n) is 8.66. The average molecular weight is 359 g/mol. The maximum absolute atomic E-state index is 12.3. The highest BCUT2D eigenvalue weighted by Gasteiger charge is 2.15. The molecule has 25 heavy (non-hydrogen) atoms. The van der Waals surface area contributed by atoms with Gasteiger partial charge in [-0.3, -0.25) is 4.79 Å². The van der Waals surface area contributed by atoms with E-state index in [9.17, 15) is 4.79 Å². The Labute approximate surface area is 153 Å². The van der Waals surface area contributed by atoms with Gasteiger partial charge in [0.05, 0.1) is 5.69 Å². The zero-order valence-electron chi connectivity index (χ0n) is 14.3. The number of piperidine rings is 1. The van der Waals surface area contributed by atoms with Gasteiger partial charge in [-0.2, -0.15) is 0 Å². The van der Waals surface area contributed by atoms with Crippen LogP contribution in [0.2, 0.25) is 5.15 Å². The van der Waals surface area contributed by atoms with Crippen LogP contribution in [0.3, 0.4) is 0 Å². The number of carbonyl (C=O) groups is 1. The van der Waals surface area contributed by atoms with Gasteiger partial charge >= 0.3 is 0 Å². The summed E-state index contributed by atoms with van der Waals surface area (Å²) in [5, 5.41) is 6.29. The summed E-state index contributed by atoms with van der Waals surface area (Å²) in [7, 11) is 0. The van der Waals surface area contributed by atoms with E-state index >= 15 is 0 Å². The molecular weight excluding hydrogens is 336 g/mol. The fourth-order valence-electron chi connectivity index (χ4n) is 2.96. The summed E-state index contributed by atoms with van der Waals surface area (Å²) < 4.78 is 0. The van der Waals surface area contributed by atoms with E-state index in [1.807, 2.05) is 19.1 Å². The summed E-state index contributed by atoms with van der Waals surface area (Å²) in [5.74, 6) is -0.157. The monoisotopic (exact) mass is 358 g/mol. The van der Waals surface area contributed by atoms with Crippen molar-refractivity contribution in [1.82, 2.24) is 4.98 Å². The van der Waals surface area contributed by atoms with Gasteiger partial charge in [0.2, 0.25) is 5.91 Å². The molecule has 2 N–H and O–H groups in total. The number of nitrogens with one attached hydrogen (secondary N) is 2. The lowest BCUT2D eigenvalue weighted by Gasteiger charge is -2.29. The zero-order valence-corrected chi connectivity index (χ0v) is 15.1. The molecule has 1 aromatic carbocycles. The molecule has 6 heteroatoms. The van der Waals surface area contributed by atoms with Crippen molar-refractivity contribution in [2.75, 3.05) is 28.6 Å². The van der Waals surface area contributed by atoms with Gasteiger partial charge in [-0.15, -0.1) is 0 Å². The molecule has 1 atom stereocenters. The van der Waals surface area contributed by atoms with Crippen molar-refractivity contribution in [3.05, 3.63) is 47.7 Å². The minimum atomic E-state index is -0.392. The molecule has 1 amide bonds. The highest BCUT2D eigenvalue weighted by Crippen LogP contribution is 2.22. The molecule has 132 valence electrons. The number of pyridine rings is 1. The molecule has 2 heterocycles. The number of nitrogens with zero attached hydrogens (tertiary/aromatic N) is 2. The Kier molecular flexibility index (Phi) is 5.76. The largest absolute Gasteiger partial charge is 0.374 e. The predicted molar refractivity (Wildman–Crippen MR) is 103 cm³/mol. The van der Waals surface area contributed by atoms with E-state index in [1.54, 1.807) is 18.3 Å². The molecule has 0 bridgehead atoms. The first kappa shape index (κ1) is 17.5. The number of carbonyl (C=O) groups excluding carboxylic acids is 1. The average Bonchev–Trinajstić information content (AvgIpc) is 2.65. The summed E-state index contributed by atoms with van der Waals surface area (Å²) >= 11 is 5.97. The van der Waals surface area contributed by atoms with Gasteiger partial charge in [-0.25, -0.2) is 4.98 Å². The summed E-state index contributed by atoms with van der Waals surface area (Å²) in [4.78, 5) is 18.7. The zero-order chi connectivity index (χ0) is 17.6. The second kappa shape index (κ2) is 8.21. The van der Waals surface area contributed by atoms with Gasteiger partial charge in [0.25, 0.3) is 0 Å². The van der Waals surface area contributed by atoms with Crippen molar-refractivity contribution >= 4 is 34.6 Å². The SMILES string of the molecule is C[C@H](Nc1ccc(N2CCCCC2)cc1)C(=O)Nc1cccnc1Cl. The topological polar surface area (TPSA) is 57.3 Å². The molecule has 1 saturated heterocycles. The van der Waals surface area contributed by atoms with Crippen LogP contribution in [0.15, 0.2) is 42.6 Å². The highest BCUT2D eigenvalue weighted by molar-refractivity contribution is 6.32. The molecule has 0 saturated carbocycles. The molecule has 1 aliphatic rings. The Morgan fingerprint density at radius 1 is 1.16 bits per heavy atom. The second-order valence-electron chi connectivity index (χ2n) is 6.29. The van der Waals surface area contributed by atoms with E-state index in [1.165, 1.54) is 24.9 Å². The lowest BCUT2D eigenvalue weighted by Crippen LogP contribution is -2.32. The molecule has 1 fully saturated rings. The van der Waals surface area contributed by atoms with E-state index in [2.05, 4.69) is 32.7 Å². The van der Waals surface area contributed by atoms with Crippen LogP contribution >= 0.6 is 11.6 Å². The first-order valence-corrected chi connectivity index (χ1v) is 9.04. The standard InChI is InChI=1S/C19H23ClN4O/c1-14(19(25)23-17-6-5-11-21-18(17)20)22-15-7-9-16(10-8-15)24-12-3-2-4-13-24/h5-11,14,22H,2-4,12-13H2,1H3,(H,23,25)/t14-/m0/s1. The number of aromatic nitrogens is 1. The Hall–Kier alpha value is -2.27. The molecule has 1 aliphatic heterocycles. The van der Waals surface area contributed by atoms with Crippen LogP contribution in [0.4, 0.5) is 17.1 Å². The Morgan fingerprint density at radius 2 is 1.88 bits per heavy atom. The summed E-state index contributed by atoms with van der Waals surface area (Å²) in [5.41, 5.74) is 2.67. The van der Waals surface area contributed by atoms with Crippen molar-refractivity contribution in [3.63, 3.8) is 0 Å². The second-order valence-corrected chi connectivity index (χ2v) is 6.65. The van der Waals surface area contributed by atoms with Crippen molar-refractivity contribution in [1.29, 1.82) is 0 Å². The number of hydrogen-bond donors (Lipinski definition) is 2. The van der Waals surface area contributed by atoms with Gasteiger partial charge in [-0.1, -0.05) is 11.6 Å². The van der Waals surface area contributed by atoms with Crippen LogP contribution < -0.4 is 15.5 Å². The van der Waals surface area contributed by atoms with Crippen LogP contribution in [0.5, 0.6) is 0 Å². The van der Waals surface area contributed by atoms with E-state index in [4.69, 9.17) is 11.6 Å². The smallest absolute Gasteiger partial charge is 0.246 e. The molecule has 0 spiro atoms. The van der Waals surface area contributed by atoms with Gasteiger partial charge in [0.1, 0.15) is 6.04 Å². The van der Waals surface area contributed by atoms with Gasteiger partial charge in [0.15, 0.2) is 5.15 Å². The van der Waals surface area contributed by atoms with Crippen molar-refractivity contribution in [2.24, 2.45) is 0 Å². The summed E-state index contributed by atoms with van der Waals surface area (Å²) in [6.07, 6.45) is 5.43. The highest BCUT2D eigenvalue weighted by atomic mass is 35.5. The van der Waals surface area contributed by atoms with E-state index in [0.29, 0.717) is 5.69 Å². The third-order valence-corrected chi connectivity index (χ3v) is 4.68. The molecular formula is C19H23ClN4O. The van der Waals surface area contributed by atoms with Crippen molar-refractivity contribution in [2.45, 2.75) is 32.2 Å². The molecule has 2 aromatic rings. The molecule has 1 aromatic heterocycles. The Morgan fingerprint density at radius 3 is 2.56 bits per heavy atom. The van der Waals surface area contributed by atoms with Crippen molar-refractivity contribution in [3.8, 4) is 0 Å². The fraction of sp³-hybridized carbons (Fsp3) is 0.368. The third-order valence-electron chi connectivity index (χ3n) is 4.38. The van der Waals surface area contributed by atoms with Gasteiger partial charge < -0.3 is 15.5 Å². The lowest BCUT2D eigenvalue weighted by atomic mass is 10.1. The van der Waals surface area contributed by atoms with E-state index in [0.717, 1.165) is 18.8 Å². The summed E-state index contributed by atoms with van der Waals surface area (Å²) in [6.45, 7) is 4.06. The van der Waals surface area contributed by atoms with Crippen LogP contribution in [0.1, 0.15) is 26.2 Å². The molecule has 3 rings (SSSR count). The molecule has 0 aliphatic carbocycles. The number of anilines is 3. The molecule has 5 nitrogen and oxygen atoms in total. The maximum Gasteiger partial charge on any atom is 0.246 e. The van der Waals surface area contributed by atoms with Gasteiger partial charge in [-0.05, 0) is 62.6 Å². The minimum Gasteiger partial charge on any atom is -0.374 e. The number of hydrogen-bond acceptors (Lipinski definition) is 4. The van der Waals surface area contributed by atoms with Crippen molar-refractivity contribution < 1.29 is 4.79 Å². The minimum absolute atomic E-state index is 0.157. The molecule has 0 unspecified atom stereocenters. The van der Waals surface area contributed by atoms with E-state index < -0.39 is 6.04 Å². The Balaban J connectivity index is 1.57. The van der Waals surface area contributed by atoms with Crippen LogP contribution in [0, 0.1) is 0 Å². The quantitative estimate of drug-likeness (QED) is 0.788. The number of rotatable bonds is 5. The predicted octanol–water partition coefficient (Wildman–Crippen LogP) is 4.16. The fourth-order valence-corrected chi connectivity index (χ4v) is 3.12. The third kappa shape index (κ3) is 4.63. The Bertz CT molecular complexity index is 714. The van der Waals surface area contributed by atoms with Crippen LogP contribution in [-0.4, -0.2) is 30.0 Å². The number of benzene rings is 1. The number of amides is 1. The normalized spacial score (nSPS) is 15.5. The molecule has 0 radical (unpaired) electrons. The number of halogens is 1. The maximum atomic E-state index is 12.3. The summed E-state index contributed by atoms with van der Waals surface area (Å²) in [6, 6.07) is 11.3. The lowest BCUT2D eigenvalue weighted by molar-refractivity contribution is -0.116. The first-order chi connectivity index (χ1) is 12.1.